The van der Waals surface area contributed by atoms with E-state index in [1.807, 2.05) is 20.8 Å². The quantitative estimate of drug-likeness (QED) is 0.701. The lowest BCUT2D eigenvalue weighted by Gasteiger charge is -2.28. The number of nitrogens with one attached hydrogen (secondary N) is 1. The molecule has 94 valence electrons. The van der Waals surface area contributed by atoms with E-state index in [1.165, 1.54) is 0 Å². The van der Waals surface area contributed by atoms with Crippen molar-refractivity contribution < 1.29 is 14.6 Å². The van der Waals surface area contributed by atoms with Crippen LogP contribution < -0.4 is 5.43 Å². The van der Waals surface area contributed by atoms with Crippen LogP contribution in [-0.4, -0.2) is 41.0 Å². The number of hydrazine groups is 1. The molecule has 0 aromatic heterocycles. The maximum atomic E-state index is 11.5. The second-order valence-corrected chi connectivity index (χ2v) is 5.29. The monoisotopic (exact) mass is 230 g/mol. The Morgan fingerprint density at radius 1 is 1.44 bits per heavy atom. The van der Waals surface area contributed by atoms with E-state index >= 15 is 0 Å². The van der Waals surface area contributed by atoms with Gasteiger partial charge in [-0.1, -0.05) is 0 Å². The molecule has 0 spiro atoms. The fourth-order valence-corrected chi connectivity index (χ4v) is 1.90. The van der Waals surface area contributed by atoms with Gasteiger partial charge in [-0.15, -0.1) is 0 Å². The summed E-state index contributed by atoms with van der Waals surface area (Å²) in [5.41, 5.74) is 2.12. The standard InChI is InChI=1S/C11H22N2O3/c1-11(2,3)16-10(15)12-13(4)8-6-5-7-9(8)14/h8-9,14H,5-7H2,1-4H3,(H,12,15)/t8-,9+/m0/s1. The number of nitrogens with zero attached hydrogens (tertiary/aromatic N) is 1. The summed E-state index contributed by atoms with van der Waals surface area (Å²) in [7, 11) is 1.75. The number of likely N-dealkylation sites (N-methyl/N-ethyl adjacent to an activating group) is 1. The van der Waals surface area contributed by atoms with Gasteiger partial charge in [0.1, 0.15) is 5.60 Å². The zero-order valence-corrected chi connectivity index (χ0v) is 10.5. The minimum atomic E-state index is -0.501. The van der Waals surface area contributed by atoms with Crippen LogP contribution in [0, 0.1) is 0 Å². The second kappa shape index (κ2) is 5.01. The van der Waals surface area contributed by atoms with E-state index in [4.69, 9.17) is 4.74 Å². The minimum absolute atomic E-state index is 0.00693. The van der Waals surface area contributed by atoms with Gasteiger partial charge in [0.25, 0.3) is 0 Å². The van der Waals surface area contributed by atoms with E-state index in [0.717, 1.165) is 19.3 Å². The van der Waals surface area contributed by atoms with Crippen molar-refractivity contribution in [2.75, 3.05) is 7.05 Å². The Balaban J connectivity index is 2.39. The summed E-state index contributed by atoms with van der Waals surface area (Å²) < 4.78 is 5.13. The molecule has 0 unspecified atom stereocenters. The molecule has 0 radical (unpaired) electrons. The molecule has 1 saturated carbocycles. The summed E-state index contributed by atoms with van der Waals surface area (Å²) in [6.07, 6.45) is 1.85. The summed E-state index contributed by atoms with van der Waals surface area (Å²) in [5.74, 6) is 0. The van der Waals surface area contributed by atoms with Crippen molar-refractivity contribution in [2.24, 2.45) is 0 Å². The highest BCUT2D eigenvalue weighted by Crippen LogP contribution is 2.22. The highest BCUT2D eigenvalue weighted by Gasteiger charge is 2.30. The number of carbonyl (C=O) groups is 1. The Kier molecular flexibility index (Phi) is 4.15. The second-order valence-electron chi connectivity index (χ2n) is 5.29. The van der Waals surface area contributed by atoms with Gasteiger partial charge in [0.2, 0.25) is 0 Å². The van der Waals surface area contributed by atoms with Crippen LogP contribution in [0.5, 0.6) is 0 Å². The molecule has 2 atom stereocenters. The van der Waals surface area contributed by atoms with E-state index in [2.05, 4.69) is 5.43 Å². The number of aliphatic hydroxyl groups excluding tert-OH is 1. The first-order valence-electron chi connectivity index (χ1n) is 5.70. The predicted octanol–water partition coefficient (Wildman–Crippen LogP) is 1.27. The number of aliphatic hydroxyl groups is 1. The molecule has 0 aromatic rings. The van der Waals surface area contributed by atoms with Gasteiger partial charge in [-0.3, -0.25) is 5.43 Å². The van der Waals surface area contributed by atoms with Gasteiger partial charge in [-0.25, -0.2) is 9.80 Å². The van der Waals surface area contributed by atoms with Gasteiger partial charge >= 0.3 is 6.09 Å². The molecular weight excluding hydrogens is 208 g/mol. The van der Waals surface area contributed by atoms with Gasteiger partial charge in [0, 0.05) is 7.05 Å². The van der Waals surface area contributed by atoms with E-state index in [0.29, 0.717) is 0 Å². The summed E-state index contributed by atoms with van der Waals surface area (Å²) in [6, 6.07) is -0.00693. The fourth-order valence-electron chi connectivity index (χ4n) is 1.90. The van der Waals surface area contributed by atoms with Gasteiger partial charge in [0.15, 0.2) is 0 Å². The molecule has 1 fully saturated rings. The Morgan fingerprint density at radius 3 is 2.50 bits per heavy atom. The Bertz CT molecular complexity index is 250. The zero-order chi connectivity index (χ0) is 12.3. The predicted molar refractivity (Wildman–Crippen MR) is 60.8 cm³/mol. The lowest BCUT2D eigenvalue weighted by atomic mass is 10.2. The van der Waals surface area contributed by atoms with E-state index in [1.54, 1.807) is 12.1 Å². The summed E-state index contributed by atoms with van der Waals surface area (Å²) in [6.45, 7) is 5.45. The molecule has 0 bridgehead atoms. The highest BCUT2D eigenvalue weighted by atomic mass is 16.6. The minimum Gasteiger partial charge on any atom is -0.443 e. The lowest BCUT2D eigenvalue weighted by molar-refractivity contribution is 0.0151. The maximum absolute atomic E-state index is 11.5. The third-order valence-corrected chi connectivity index (χ3v) is 2.61. The molecule has 1 aliphatic carbocycles. The van der Waals surface area contributed by atoms with Crippen molar-refractivity contribution in [3.05, 3.63) is 0 Å². The van der Waals surface area contributed by atoms with Crippen LogP contribution in [-0.2, 0) is 4.74 Å². The van der Waals surface area contributed by atoms with Crippen LogP contribution in [0.1, 0.15) is 40.0 Å². The van der Waals surface area contributed by atoms with Gasteiger partial charge in [-0.05, 0) is 40.0 Å². The SMILES string of the molecule is CN(NC(=O)OC(C)(C)C)[C@H]1CCC[C@H]1O. The highest BCUT2D eigenvalue weighted by molar-refractivity contribution is 5.67. The average Bonchev–Trinajstić information content (AvgIpc) is 2.47. The molecule has 5 heteroatoms. The number of ether oxygens (including phenoxy) is 1. The molecule has 2 N–H and O–H groups in total. The molecule has 0 aromatic carbocycles. The van der Waals surface area contributed by atoms with Crippen molar-refractivity contribution >= 4 is 6.09 Å². The maximum Gasteiger partial charge on any atom is 0.422 e. The first-order valence-corrected chi connectivity index (χ1v) is 5.70. The Hall–Kier alpha value is -0.810. The van der Waals surface area contributed by atoms with Gasteiger partial charge in [0.05, 0.1) is 12.1 Å². The van der Waals surface area contributed by atoms with Crippen molar-refractivity contribution in [3.8, 4) is 0 Å². The van der Waals surface area contributed by atoms with E-state index in [-0.39, 0.29) is 12.1 Å². The number of carbonyl (C=O) groups excluding carboxylic acids is 1. The number of rotatable bonds is 2. The van der Waals surface area contributed by atoms with Gasteiger partial charge < -0.3 is 9.84 Å². The molecule has 1 aliphatic rings. The summed E-state index contributed by atoms with van der Waals surface area (Å²) in [4.78, 5) is 11.5. The van der Waals surface area contributed by atoms with E-state index in [9.17, 15) is 9.90 Å². The van der Waals surface area contributed by atoms with Crippen molar-refractivity contribution in [3.63, 3.8) is 0 Å². The smallest absolute Gasteiger partial charge is 0.422 e. The van der Waals surface area contributed by atoms with E-state index < -0.39 is 11.7 Å². The molecule has 0 heterocycles. The van der Waals surface area contributed by atoms with Crippen LogP contribution >= 0.6 is 0 Å². The summed E-state index contributed by atoms with van der Waals surface area (Å²) in [5, 5.41) is 11.3. The van der Waals surface area contributed by atoms with Crippen molar-refractivity contribution in [2.45, 2.75) is 57.8 Å². The molecule has 1 amide bonds. The van der Waals surface area contributed by atoms with Crippen LogP contribution in [0.15, 0.2) is 0 Å². The van der Waals surface area contributed by atoms with Crippen LogP contribution in [0.25, 0.3) is 0 Å². The number of hydrogen-bond acceptors (Lipinski definition) is 4. The molecular formula is C11H22N2O3. The largest absolute Gasteiger partial charge is 0.443 e. The Labute approximate surface area is 96.7 Å². The summed E-state index contributed by atoms with van der Waals surface area (Å²) >= 11 is 0. The van der Waals surface area contributed by atoms with Crippen molar-refractivity contribution in [1.29, 1.82) is 0 Å². The van der Waals surface area contributed by atoms with Crippen LogP contribution in [0.3, 0.4) is 0 Å². The first-order chi connectivity index (χ1) is 7.29. The first kappa shape index (κ1) is 13.3. The number of amides is 1. The molecule has 0 aliphatic heterocycles. The van der Waals surface area contributed by atoms with Crippen LogP contribution in [0.4, 0.5) is 4.79 Å². The third kappa shape index (κ3) is 3.98. The third-order valence-electron chi connectivity index (χ3n) is 2.61. The molecule has 1 rings (SSSR count). The molecule has 5 nitrogen and oxygen atoms in total. The topological polar surface area (TPSA) is 61.8 Å². The normalized spacial score (nSPS) is 25.9. The number of hydrogen-bond donors (Lipinski definition) is 2. The van der Waals surface area contributed by atoms with Crippen molar-refractivity contribution in [1.82, 2.24) is 10.4 Å². The molecule has 0 saturated heterocycles. The Morgan fingerprint density at radius 2 is 2.06 bits per heavy atom. The lowest BCUT2D eigenvalue weighted by Crippen LogP contribution is -2.50. The van der Waals surface area contributed by atoms with Gasteiger partial charge in [-0.2, -0.15) is 0 Å². The fraction of sp³-hybridized carbons (Fsp3) is 0.909. The average molecular weight is 230 g/mol. The van der Waals surface area contributed by atoms with Crippen LogP contribution in [0.2, 0.25) is 0 Å². The molecule has 16 heavy (non-hydrogen) atoms. The zero-order valence-electron chi connectivity index (χ0n) is 10.5.